The van der Waals surface area contributed by atoms with Gasteiger partial charge in [-0.1, -0.05) is 18.9 Å². The molecule has 9 nitrogen and oxygen atoms in total. The summed E-state index contributed by atoms with van der Waals surface area (Å²) in [6.07, 6.45) is 5.88. The Bertz CT molecular complexity index is 857. The van der Waals surface area contributed by atoms with Gasteiger partial charge in [-0.25, -0.2) is 0 Å². The molecule has 1 atom stereocenters. The Labute approximate surface area is 188 Å². The third kappa shape index (κ3) is 6.14. The van der Waals surface area contributed by atoms with E-state index in [1.165, 1.54) is 4.90 Å². The van der Waals surface area contributed by atoms with Crippen LogP contribution in [0.15, 0.2) is 18.2 Å². The predicted molar refractivity (Wildman–Crippen MR) is 121 cm³/mol. The van der Waals surface area contributed by atoms with Crippen LogP contribution in [0.1, 0.15) is 67.3 Å². The second-order valence-corrected chi connectivity index (χ2v) is 8.34. The van der Waals surface area contributed by atoms with Crippen LogP contribution in [0.5, 0.6) is 0 Å². The van der Waals surface area contributed by atoms with Gasteiger partial charge >= 0.3 is 0 Å². The summed E-state index contributed by atoms with van der Waals surface area (Å²) in [4.78, 5) is 50.4. The van der Waals surface area contributed by atoms with Crippen molar-refractivity contribution >= 4 is 29.3 Å². The van der Waals surface area contributed by atoms with Crippen molar-refractivity contribution in [2.75, 3.05) is 25.0 Å². The molecule has 1 aromatic rings. The average molecular weight is 444 g/mol. The Morgan fingerprint density at radius 2 is 1.88 bits per heavy atom. The maximum Gasteiger partial charge on any atom is 0.255 e. The number of piperidine rings is 1. The number of rotatable bonds is 12. The largest absolute Gasteiger partial charge is 0.330 e. The SMILES string of the molecule is NCCCNCCCCCCC(=O)Nc1cccc2c1CN(C1CCC(=O)NC1=O)C2=O. The van der Waals surface area contributed by atoms with E-state index in [0.29, 0.717) is 30.6 Å². The zero-order valence-corrected chi connectivity index (χ0v) is 18.5. The molecule has 9 heteroatoms. The van der Waals surface area contributed by atoms with Crippen LogP contribution >= 0.6 is 0 Å². The van der Waals surface area contributed by atoms with Crippen LogP contribution in [0.25, 0.3) is 0 Å². The first-order valence-electron chi connectivity index (χ1n) is 11.5. The van der Waals surface area contributed by atoms with Crippen LogP contribution in [0.2, 0.25) is 0 Å². The molecule has 0 saturated carbocycles. The van der Waals surface area contributed by atoms with E-state index in [9.17, 15) is 19.2 Å². The second kappa shape index (κ2) is 11.7. The summed E-state index contributed by atoms with van der Waals surface area (Å²) in [5.41, 5.74) is 7.28. The van der Waals surface area contributed by atoms with Gasteiger partial charge in [0.25, 0.3) is 5.91 Å². The normalized spacial score (nSPS) is 18.0. The first-order chi connectivity index (χ1) is 15.5. The van der Waals surface area contributed by atoms with Crippen LogP contribution in [-0.2, 0) is 20.9 Å². The molecule has 2 heterocycles. The summed E-state index contributed by atoms with van der Waals surface area (Å²) < 4.78 is 0. The number of amides is 4. The fraction of sp³-hybridized carbons (Fsp3) is 0.565. The summed E-state index contributed by atoms with van der Waals surface area (Å²) in [5.74, 6) is -1.08. The van der Waals surface area contributed by atoms with E-state index in [1.807, 2.05) is 0 Å². The lowest BCUT2D eigenvalue weighted by Gasteiger charge is -2.29. The molecule has 2 aliphatic heterocycles. The molecule has 0 radical (unpaired) electrons. The number of nitrogens with zero attached hydrogens (tertiary/aromatic N) is 1. The third-order valence-corrected chi connectivity index (χ3v) is 5.92. The van der Waals surface area contributed by atoms with Crippen LogP contribution in [-0.4, -0.2) is 54.2 Å². The minimum atomic E-state index is -0.666. The number of hydrogen-bond acceptors (Lipinski definition) is 6. The van der Waals surface area contributed by atoms with E-state index in [4.69, 9.17) is 5.73 Å². The number of anilines is 1. The first kappa shape index (κ1) is 23.9. The number of nitrogens with one attached hydrogen (secondary N) is 3. The van der Waals surface area contributed by atoms with Gasteiger partial charge in [0, 0.05) is 36.2 Å². The van der Waals surface area contributed by atoms with Gasteiger partial charge in [-0.05, 0) is 57.5 Å². The lowest BCUT2D eigenvalue weighted by Crippen LogP contribution is -2.52. The van der Waals surface area contributed by atoms with Crippen LogP contribution in [0, 0.1) is 0 Å². The molecular weight excluding hydrogens is 410 g/mol. The van der Waals surface area contributed by atoms with Crippen LogP contribution in [0.3, 0.4) is 0 Å². The lowest BCUT2D eigenvalue weighted by molar-refractivity contribution is -0.137. The fourth-order valence-electron chi connectivity index (χ4n) is 4.16. The number of unbranched alkanes of at least 4 members (excludes halogenated alkanes) is 3. The summed E-state index contributed by atoms with van der Waals surface area (Å²) in [6, 6.07) is 4.56. The topological polar surface area (TPSA) is 134 Å². The van der Waals surface area contributed by atoms with Crippen molar-refractivity contribution in [3.63, 3.8) is 0 Å². The molecule has 5 N–H and O–H groups in total. The summed E-state index contributed by atoms with van der Waals surface area (Å²) >= 11 is 0. The highest BCUT2D eigenvalue weighted by atomic mass is 16.2. The van der Waals surface area contributed by atoms with Gasteiger partial charge in [-0.15, -0.1) is 0 Å². The van der Waals surface area contributed by atoms with Gasteiger partial charge in [0.1, 0.15) is 6.04 Å². The molecule has 32 heavy (non-hydrogen) atoms. The van der Waals surface area contributed by atoms with Gasteiger partial charge in [0.15, 0.2) is 0 Å². The molecule has 2 aliphatic rings. The maximum atomic E-state index is 12.9. The quantitative estimate of drug-likeness (QED) is 0.284. The number of nitrogens with two attached hydrogens (primary N) is 1. The number of hydrogen-bond donors (Lipinski definition) is 4. The van der Waals surface area contributed by atoms with Gasteiger partial charge in [-0.3, -0.25) is 24.5 Å². The van der Waals surface area contributed by atoms with E-state index in [1.54, 1.807) is 18.2 Å². The third-order valence-electron chi connectivity index (χ3n) is 5.92. The molecule has 1 aromatic carbocycles. The molecule has 1 fully saturated rings. The highest BCUT2D eigenvalue weighted by Gasteiger charge is 2.39. The van der Waals surface area contributed by atoms with Crippen molar-refractivity contribution in [1.29, 1.82) is 0 Å². The summed E-state index contributed by atoms with van der Waals surface area (Å²) in [5, 5.41) is 8.58. The average Bonchev–Trinajstić information content (AvgIpc) is 3.10. The molecule has 0 spiro atoms. The monoisotopic (exact) mass is 443 g/mol. The number of benzene rings is 1. The van der Waals surface area contributed by atoms with Crippen molar-refractivity contribution in [3.8, 4) is 0 Å². The maximum absolute atomic E-state index is 12.9. The van der Waals surface area contributed by atoms with Gasteiger partial charge in [0.2, 0.25) is 17.7 Å². The standard InChI is InChI=1S/C23H33N5O4/c24-12-6-14-25-13-4-2-1-3-9-20(29)26-18-8-5-7-16-17(18)15-28(23(16)32)19-10-11-21(30)27-22(19)31/h5,7-8,19,25H,1-4,6,9-15,24H2,(H,26,29)(H,27,30,31). The highest BCUT2D eigenvalue weighted by molar-refractivity contribution is 6.06. The minimum Gasteiger partial charge on any atom is -0.330 e. The predicted octanol–water partition coefficient (Wildman–Crippen LogP) is 1.27. The summed E-state index contributed by atoms with van der Waals surface area (Å²) in [6.45, 7) is 2.87. The van der Waals surface area contributed by atoms with E-state index in [0.717, 1.165) is 50.8 Å². The summed E-state index contributed by atoms with van der Waals surface area (Å²) in [7, 11) is 0. The number of carbonyl (C=O) groups excluding carboxylic acids is 4. The molecule has 4 amide bonds. The molecule has 0 aromatic heterocycles. The number of fused-ring (bicyclic) bond motifs is 1. The van der Waals surface area contributed by atoms with Crippen molar-refractivity contribution in [2.45, 2.75) is 64.0 Å². The Morgan fingerprint density at radius 3 is 2.66 bits per heavy atom. The van der Waals surface area contributed by atoms with Crippen molar-refractivity contribution in [2.24, 2.45) is 5.73 Å². The minimum absolute atomic E-state index is 0.0774. The van der Waals surface area contributed by atoms with Gasteiger partial charge in [0.05, 0.1) is 0 Å². The van der Waals surface area contributed by atoms with Crippen molar-refractivity contribution in [1.82, 2.24) is 15.5 Å². The Hall–Kier alpha value is -2.78. The smallest absolute Gasteiger partial charge is 0.255 e. The fourth-order valence-corrected chi connectivity index (χ4v) is 4.16. The van der Waals surface area contributed by atoms with Crippen LogP contribution in [0.4, 0.5) is 5.69 Å². The van der Waals surface area contributed by atoms with E-state index < -0.39 is 11.9 Å². The molecule has 0 aliphatic carbocycles. The zero-order valence-electron chi connectivity index (χ0n) is 18.5. The molecule has 1 saturated heterocycles. The molecular formula is C23H33N5O4. The molecule has 3 rings (SSSR count). The Balaban J connectivity index is 1.46. The van der Waals surface area contributed by atoms with Crippen molar-refractivity contribution < 1.29 is 19.2 Å². The lowest BCUT2D eigenvalue weighted by atomic mass is 10.0. The Kier molecular flexibility index (Phi) is 8.75. The first-order valence-corrected chi connectivity index (χ1v) is 11.5. The molecule has 174 valence electrons. The van der Waals surface area contributed by atoms with E-state index in [-0.39, 0.29) is 30.7 Å². The van der Waals surface area contributed by atoms with Gasteiger partial charge < -0.3 is 21.3 Å². The van der Waals surface area contributed by atoms with E-state index in [2.05, 4.69) is 16.0 Å². The highest BCUT2D eigenvalue weighted by Crippen LogP contribution is 2.32. The second-order valence-electron chi connectivity index (χ2n) is 8.34. The van der Waals surface area contributed by atoms with E-state index >= 15 is 0 Å². The molecule has 1 unspecified atom stereocenters. The van der Waals surface area contributed by atoms with Gasteiger partial charge in [-0.2, -0.15) is 0 Å². The zero-order chi connectivity index (χ0) is 22.9. The van der Waals surface area contributed by atoms with Crippen molar-refractivity contribution in [3.05, 3.63) is 29.3 Å². The molecule has 0 bridgehead atoms. The number of imide groups is 1. The van der Waals surface area contributed by atoms with Crippen LogP contribution < -0.4 is 21.7 Å². The number of carbonyl (C=O) groups is 4. The Morgan fingerprint density at radius 1 is 1.09 bits per heavy atom.